The standard InChI is InChI=1S/C22H18Cl2O/c23-17-10-12-19(21(24)14-17)20-8-4-7-16-13-18(25-22(16)20)11-9-15-5-2-1-3-6-15/h1-8,10,12,14,18H,9,11,13H2. The zero-order chi connectivity index (χ0) is 17.2. The number of para-hydroxylation sites is 1. The highest BCUT2D eigenvalue weighted by molar-refractivity contribution is 6.36. The highest BCUT2D eigenvalue weighted by Crippen LogP contribution is 2.42. The second kappa shape index (κ2) is 7.11. The Morgan fingerprint density at radius 2 is 1.72 bits per heavy atom. The number of halogens is 2. The lowest BCUT2D eigenvalue weighted by Crippen LogP contribution is -2.13. The molecule has 0 saturated carbocycles. The summed E-state index contributed by atoms with van der Waals surface area (Å²) in [7, 11) is 0. The highest BCUT2D eigenvalue weighted by Gasteiger charge is 2.26. The van der Waals surface area contributed by atoms with E-state index in [9.17, 15) is 0 Å². The number of ether oxygens (including phenoxy) is 1. The van der Waals surface area contributed by atoms with E-state index in [2.05, 4.69) is 42.5 Å². The fourth-order valence-corrected chi connectivity index (χ4v) is 3.90. The third-order valence-electron chi connectivity index (χ3n) is 4.65. The number of aryl methyl sites for hydroxylation is 1. The van der Waals surface area contributed by atoms with E-state index in [1.165, 1.54) is 11.1 Å². The SMILES string of the molecule is Clc1ccc(-c2cccc3c2OC(CCc2ccccc2)C3)c(Cl)c1. The van der Waals surface area contributed by atoms with Crippen molar-refractivity contribution in [3.05, 3.63) is 87.9 Å². The quantitative estimate of drug-likeness (QED) is 0.504. The van der Waals surface area contributed by atoms with Crippen LogP contribution in [0.25, 0.3) is 11.1 Å². The van der Waals surface area contributed by atoms with Crippen LogP contribution in [-0.4, -0.2) is 6.10 Å². The minimum absolute atomic E-state index is 0.211. The van der Waals surface area contributed by atoms with E-state index in [4.69, 9.17) is 27.9 Å². The van der Waals surface area contributed by atoms with Gasteiger partial charge in [0, 0.05) is 22.6 Å². The van der Waals surface area contributed by atoms with Gasteiger partial charge in [0.05, 0.1) is 5.02 Å². The normalized spacial score (nSPS) is 15.7. The molecule has 0 bridgehead atoms. The Morgan fingerprint density at radius 3 is 2.52 bits per heavy atom. The Bertz CT molecular complexity index is 890. The lowest BCUT2D eigenvalue weighted by molar-refractivity contribution is 0.222. The molecule has 1 aliphatic rings. The van der Waals surface area contributed by atoms with E-state index in [0.717, 1.165) is 36.1 Å². The first kappa shape index (κ1) is 16.5. The van der Waals surface area contributed by atoms with Crippen molar-refractivity contribution in [2.75, 3.05) is 0 Å². The van der Waals surface area contributed by atoms with Crippen LogP contribution in [0.3, 0.4) is 0 Å². The first-order valence-corrected chi connectivity index (χ1v) is 9.24. The number of hydrogen-bond donors (Lipinski definition) is 0. The van der Waals surface area contributed by atoms with Crippen molar-refractivity contribution in [2.24, 2.45) is 0 Å². The topological polar surface area (TPSA) is 9.23 Å². The summed E-state index contributed by atoms with van der Waals surface area (Å²) in [6, 6.07) is 22.4. The summed E-state index contributed by atoms with van der Waals surface area (Å²) in [5.41, 5.74) is 4.61. The van der Waals surface area contributed by atoms with E-state index in [-0.39, 0.29) is 6.10 Å². The van der Waals surface area contributed by atoms with E-state index < -0.39 is 0 Å². The Labute approximate surface area is 158 Å². The van der Waals surface area contributed by atoms with Gasteiger partial charge in [-0.25, -0.2) is 0 Å². The molecule has 0 aliphatic carbocycles. The van der Waals surface area contributed by atoms with Crippen molar-refractivity contribution in [3.8, 4) is 16.9 Å². The molecule has 3 heteroatoms. The first-order chi connectivity index (χ1) is 12.2. The Hall–Kier alpha value is -1.96. The predicted molar refractivity (Wildman–Crippen MR) is 105 cm³/mol. The van der Waals surface area contributed by atoms with Crippen LogP contribution in [0.5, 0.6) is 5.75 Å². The third-order valence-corrected chi connectivity index (χ3v) is 5.20. The van der Waals surface area contributed by atoms with Gasteiger partial charge in [0.1, 0.15) is 11.9 Å². The number of hydrogen-bond acceptors (Lipinski definition) is 1. The van der Waals surface area contributed by atoms with Gasteiger partial charge in [-0.15, -0.1) is 0 Å². The molecule has 0 radical (unpaired) electrons. The smallest absolute Gasteiger partial charge is 0.130 e. The van der Waals surface area contributed by atoms with Crippen LogP contribution in [0.4, 0.5) is 0 Å². The van der Waals surface area contributed by atoms with Crippen LogP contribution < -0.4 is 4.74 Å². The minimum Gasteiger partial charge on any atom is -0.489 e. The van der Waals surface area contributed by atoms with Crippen molar-refractivity contribution < 1.29 is 4.74 Å². The molecule has 1 aliphatic heterocycles. The molecular weight excluding hydrogens is 351 g/mol. The summed E-state index contributed by atoms with van der Waals surface area (Å²) in [6.07, 6.45) is 3.19. The molecule has 1 nitrogen and oxygen atoms in total. The molecule has 25 heavy (non-hydrogen) atoms. The molecule has 0 amide bonds. The van der Waals surface area contributed by atoms with Gasteiger partial charge in [-0.3, -0.25) is 0 Å². The van der Waals surface area contributed by atoms with Gasteiger partial charge in [-0.2, -0.15) is 0 Å². The van der Waals surface area contributed by atoms with Crippen LogP contribution in [0.2, 0.25) is 10.0 Å². The third kappa shape index (κ3) is 3.53. The monoisotopic (exact) mass is 368 g/mol. The van der Waals surface area contributed by atoms with Gasteiger partial charge in [-0.05, 0) is 36.1 Å². The number of benzene rings is 3. The van der Waals surface area contributed by atoms with Crippen LogP contribution in [0, 0.1) is 0 Å². The maximum atomic E-state index is 6.40. The first-order valence-electron chi connectivity index (χ1n) is 8.48. The Kier molecular flexibility index (Phi) is 4.70. The number of rotatable bonds is 4. The molecule has 1 atom stereocenters. The van der Waals surface area contributed by atoms with E-state index in [1.807, 2.05) is 18.2 Å². The van der Waals surface area contributed by atoms with Crippen molar-refractivity contribution in [1.29, 1.82) is 0 Å². The highest BCUT2D eigenvalue weighted by atomic mass is 35.5. The van der Waals surface area contributed by atoms with Crippen molar-refractivity contribution in [1.82, 2.24) is 0 Å². The minimum atomic E-state index is 0.211. The Balaban J connectivity index is 1.55. The van der Waals surface area contributed by atoms with Crippen molar-refractivity contribution >= 4 is 23.2 Å². The molecule has 126 valence electrons. The summed E-state index contributed by atoms with van der Waals surface area (Å²) < 4.78 is 6.31. The molecule has 3 aromatic rings. The van der Waals surface area contributed by atoms with Gasteiger partial charge in [0.25, 0.3) is 0 Å². The largest absolute Gasteiger partial charge is 0.489 e. The van der Waals surface area contributed by atoms with Crippen LogP contribution in [0.1, 0.15) is 17.5 Å². The molecular formula is C22H18Cl2O. The second-order valence-corrected chi connectivity index (χ2v) is 7.23. The van der Waals surface area contributed by atoms with Gasteiger partial charge in [0.15, 0.2) is 0 Å². The molecule has 0 saturated heterocycles. The summed E-state index contributed by atoms with van der Waals surface area (Å²) in [4.78, 5) is 0. The fourth-order valence-electron chi connectivity index (χ4n) is 3.39. The summed E-state index contributed by atoms with van der Waals surface area (Å²) >= 11 is 12.4. The van der Waals surface area contributed by atoms with E-state index in [0.29, 0.717) is 10.0 Å². The molecule has 0 fully saturated rings. The maximum Gasteiger partial charge on any atom is 0.130 e. The fraction of sp³-hybridized carbons (Fsp3) is 0.182. The zero-order valence-electron chi connectivity index (χ0n) is 13.7. The molecule has 1 unspecified atom stereocenters. The zero-order valence-corrected chi connectivity index (χ0v) is 15.2. The van der Waals surface area contributed by atoms with Crippen LogP contribution in [0.15, 0.2) is 66.7 Å². The molecule has 0 aromatic heterocycles. The van der Waals surface area contributed by atoms with Gasteiger partial charge in [0.2, 0.25) is 0 Å². The molecule has 1 heterocycles. The summed E-state index contributed by atoms with van der Waals surface area (Å²) in [5, 5.41) is 1.29. The summed E-state index contributed by atoms with van der Waals surface area (Å²) in [5.74, 6) is 0.963. The average molecular weight is 369 g/mol. The lowest BCUT2D eigenvalue weighted by Gasteiger charge is -2.13. The van der Waals surface area contributed by atoms with Crippen LogP contribution >= 0.6 is 23.2 Å². The lowest BCUT2D eigenvalue weighted by atomic mass is 9.99. The molecule has 0 spiro atoms. The average Bonchev–Trinajstić information content (AvgIpc) is 3.04. The van der Waals surface area contributed by atoms with Crippen molar-refractivity contribution in [2.45, 2.75) is 25.4 Å². The molecule has 3 aromatic carbocycles. The predicted octanol–water partition coefficient (Wildman–Crippen LogP) is 6.60. The molecule has 0 N–H and O–H groups in total. The van der Waals surface area contributed by atoms with Gasteiger partial charge in [-0.1, -0.05) is 77.8 Å². The maximum absolute atomic E-state index is 6.40. The molecule has 4 rings (SSSR count). The van der Waals surface area contributed by atoms with Crippen molar-refractivity contribution in [3.63, 3.8) is 0 Å². The summed E-state index contributed by atoms with van der Waals surface area (Å²) in [6.45, 7) is 0. The van der Waals surface area contributed by atoms with E-state index >= 15 is 0 Å². The van der Waals surface area contributed by atoms with Gasteiger partial charge < -0.3 is 4.74 Å². The number of fused-ring (bicyclic) bond motifs is 1. The van der Waals surface area contributed by atoms with E-state index in [1.54, 1.807) is 6.07 Å². The van der Waals surface area contributed by atoms with Gasteiger partial charge >= 0.3 is 0 Å². The Morgan fingerprint density at radius 1 is 0.880 bits per heavy atom. The van der Waals surface area contributed by atoms with Crippen LogP contribution in [-0.2, 0) is 12.8 Å². The second-order valence-electron chi connectivity index (χ2n) is 6.39.